The highest BCUT2D eigenvalue weighted by atomic mass is 32.1. The van der Waals surface area contributed by atoms with Gasteiger partial charge in [0.15, 0.2) is 11.4 Å². The van der Waals surface area contributed by atoms with Crippen molar-refractivity contribution in [1.82, 2.24) is 25.9 Å². The number of tetrazole rings is 1. The van der Waals surface area contributed by atoms with Gasteiger partial charge < -0.3 is 10.1 Å². The molecule has 3 heterocycles. The number of amides is 1. The van der Waals surface area contributed by atoms with Crippen LogP contribution in [0.15, 0.2) is 54.6 Å². The fourth-order valence-electron chi connectivity index (χ4n) is 4.45. The molecule has 39 heavy (non-hydrogen) atoms. The maximum absolute atomic E-state index is 14.9. The monoisotopic (exact) mass is 567 g/mol. The minimum atomic E-state index is -4.93. The van der Waals surface area contributed by atoms with Crippen LogP contribution in [0.25, 0.3) is 21.2 Å². The first-order valence-corrected chi connectivity index (χ1v) is 12.4. The van der Waals surface area contributed by atoms with E-state index >= 15 is 0 Å². The molecule has 0 saturated heterocycles. The first-order chi connectivity index (χ1) is 18.5. The molecule has 1 amide bonds. The summed E-state index contributed by atoms with van der Waals surface area (Å²) in [6, 6.07) is 13.7. The van der Waals surface area contributed by atoms with Crippen LogP contribution in [0, 0.1) is 0 Å². The molecule has 4 aromatic rings. The van der Waals surface area contributed by atoms with E-state index in [9.17, 15) is 31.1 Å². The lowest BCUT2D eigenvalue weighted by Crippen LogP contribution is -2.58. The Morgan fingerprint density at radius 1 is 1.03 bits per heavy atom. The Hall–Kier alpha value is -3.94. The Morgan fingerprint density at radius 2 is 1.77 bits per heavy atom. The molecule has 0 fully saturated rings. The number of nitrogens with zero attached hydrogens (tertiary/aromatic N) is 3. The van der Waals surface area contributed by atoms with Crippen LogP contribution in [0.2, 0.25) is 0 Å². The summed E-state index contributed by atoms with van der Waals surface area (Å²) in [5, 5.41) is 16.1. The maximum Gasteiger partial charge on any atom is 0.416 e. The molecule has 7 nitrogen and oxygen atoms in total. The molecule has 0 radical (unpaired) electrons. The molecule has 1 atom stereocenters. The fourth-order valence-corrected chi connectivity index (χ4v) is 5.57. The summed E-state index contributed by atoms with van der Waals surface area (Å²) in [5.74, 6) is -0.982. The van der Waals surface area contributed by atoms with Crippen LogP contribution in [0.1, 0.15) is 35.5 Å². The third kappa shape index (κ3) is 5.33. The highest BCUT2D eigenvalue weighted by Gasteiger charge is 2.60. The van der Waals surface area contributed by atoms with Crippen molar-refractivity contribution < 1.29 is 35.9 Å². The maximum atomic E-state index is 14.9. The molecule has 0 spiro atoms. The number of carbonyl (C=O) groups excluding carboxylic acids is 1. The van der Waals surface area contributed by atoms with Gasteiger partial charge in [0.05, 0.1) is 12.2 Å². The van der Waals surface area contributed by atoms with Crippen molar-refractivity contribution >= 4 is 38.5 Å². The third-order valence-electron chi connectivity index (χ3n) is 6.31. The first-order valence-electron chi connectivity index (χ1n) is 11.6. The van der Waals surface area contributed by atoms with Crippen LogP contribution in [-0.4, -0.2) is 45.5 Å². The van der Waals surface area contributed by atoms with Crippen molar-refractivity contribution in [2.45, 2.75) is 37.2 Å². The molecule has 1 aliphatic heterocycles. The van der Waals surface area contributed by atoms with E-state index in [0.717, 1.165) is 22.2 Å². The van der Waals surface area contributed by atoms with Gasteiger partial charge in [0.2, 0.25) is 0 Å². The van der Waals surface area contributed by atoms with Crippen LogP contribution in [0.3, 0.4) is 0 Å². The number of hydrogen-bond acceptors (Lipinski definition) is 6. The van der Waals surface area contributed by atoms with Gasteiger partial charge in [-0.15, -0.1) is 16.4 Å². The Balaban J connectivity index is 1.53. The van der Waals surface area contributed by atoms with Crippen LogP contribution in [0.4, 0.5) is 26.3 Å². The lowest BCUT2D eigenvalue weighted by Gasteiger charge is -2.41. The molecule has 0 saturated carbocycles. The average Bonchev–Trinajstić information content (AvgIpc) is 3.55. The second-order valence-electron chi connectivity index (χ2n) is 8.88. The normalized spacial score (nSPS) is 18.5. The number of benzene rings is 2. The van der Waals surface area contributed by atoms with Gasteiger partial charge in [-0.25, -0.2) is 5.10 Å². The second kappa shape index (κ2) is 9.98. The smallest absolute Gasteiger partial charge is 0.416 e. The molecule has 2 aromatic heterocycles. The summed E-state index contributed by atoms with van der Waals surface area (Å²) in [4.78, 5) is 13.8. The zero-order valence-corrected chi connectivity index (χ0v) is 20.7. The largest absolute Gasteiger partial charge is 0.494 e. The van der Waals surface area contributed by atoms with Gasteiger partial charge in [0.1, 0.15) is 5.75 Å². The van der Waals surface area contributed by atoms with Gasteiger partial charge in [-0.2, -0.15) is 26.3 Å². The summed E-state index contributed by atoms with van der Waals surface area (Å²) in [5.41, 5.74) is -3.06. The number of fused-ring (bicyclic) bond motifs is 1. The fraction of sp³-hybridized carbons (Fsp3) is 0.280. The van der Waals surface area contributed by atoms with Crippen molar-refractivity contribution in [2.24, 2.45) is 0 Å². The topological polar surface area (TPSA) is 92.8 Å². The standard InChI is InChI=1S/C25H19F6N5O2S/c26-24(27,28)10-3-11-38-16-8-6-15(7-9-16)23(25(29,30)31)13-17(19-12-14-4-1-2-5-18(14)39-19)20(22(37)32-23)21-33-35-36-34-21/h1-2,4-9,12H,3,10-11,13H2,(H,32,37)(H,33,34,35,36)/t23-/m0/s1. The highest BCUT2D eigenvalue weighted by Crippen LogP contribution is 2.51. The van der Waals surface area contributed by atoms with Crippen LogP contribution < -0.4 is 10.1 Å². The summed E-state index contributed by atoms with van der Waals surface area (Å²) in [7, 11) is 0. The summed E-state index contributed by atoms with van der Waals surface area (Å²) in [6.45, 7) is -0.257. The first kappa shape index (κ1) is 26.7. The van der Waals surface area contributed by atoms with E-state index in [2.05, 4.69) is 25.9 Å². The van der Waals surface area contributed by atoms with Crippen molar-refractivity contribution in [3.05, 3.63) is 70.9 Å². The minimum absolute atomic E-state index is 0.0710. The molecule has 0 unspecified atom stereocenters. The number of H-pyrrole nitrogens is 1. The molecule has 204 valence electrons. The lowest BCUT2D eigenvalue weighted by molar-refractivity contribution is -0.201. The Morgan fingerprint density at radius 3 is 2.41 bits per heavy atom. The molecule has 0 aliphatic carbocycles. The van der Waals surface area contributed by atoms with Crippen molar-refractivity contribution in [3.63, 3.8) is 0 Å². The van der Waals surface area contributed by atoms with Crippen LogP contribution in [0.5, 0.6) is 5.75 Å². The molecule has 2 N–H and O–H groups in total. The number of thiophene rings is 1. The molecule has 5 rings (SSSR count). The number of nitrogens with one attached hydrogen (secondary N) is 2. The van der Waals surface area contributed by atoms with Gasteiger partial charge in [-0.3, -0.25) is 4.79 Å². The number of halogens is 6. The quantitative estimate of drug-likeness (QED) is 0.210. The third-order valence-corrected chi connectivity index (χ3v) is 7.48. The van der Waals surface area contributed by atoms with E-state index in [1.54, 1.807) is 18.2 Å². The summed E-state index contributed by atoms with van der Waals surface area (Å²) in [6.07, 6.45) is -11.2. The average molecular weight is 568 g/mol. The van der Waals surface area contributed by atoms with E-state index in [4.69, 9.17) is 4.74 Å². The zero-order valence-electron chi connectivity index (χ0n) is 19.9. The number of carbonyl (C=O) groups is 1. The van der Waals surface area contributed by atoms with Gasteiger partial charge in [0, 0.05) is 22.4 Å². The Labute approximate surface area is 220 Å². The molecule has 1 aliphatic rings. The number of aromatic amines is 1. The van der Waals surface area contributed by atoms with Crippen molar-refractivity contribution in [2.75, 3.05) is 6.61 Å². The number of ether oxygens (including phenoxy) is 1. The molecular weight excluding hydrogens is 548 g/mol. The predicted octanol–water partition coefficient (Wildman–Crippen LogP) is 6.02. The van der Waals surface area contributed by atoms with Gasteiger partial charge in [0.25, 0.3) is 5.91 Å². The van der Waals surface area contributed by atoms with Crippen molar-refractivity contribution in [1.29, 1.82) is 0 Å². The van der Waals surface area contributed by atoms with Crippen LogP contribution >= 0.6 is 11.3 Å². The molecule has 2 aromatic carbocycles. The minimum Gasteiger partial charge on any atom is -0.494 e. The number of alkyl halides is 6. The van der Waals surface area contributed by atoms with Gasteiger partial charge >= 0.3 is 12.4 Å². The van der Waals surface area contributed by atoms with Gasteiger partial charge in [-0.05, 0) is 57.6 Å². The summed E-state index contributed by atoms with van der Waals surface area (Å²) >= 11 is 1.24. The zero-order chi connectivity index (χ0) is 27.8. The Bertz CT molecular complexity index is 1480. The van der Waals surface area contributed by atoms with Gasteiger partial charge in [-0.1, -0.05) is 30.3 Å². The van der Waals surface area contributed by atoms with E-state index in [-0.39, 0.29) is 41.3 Å². The molecule has 14 heteroatoms. The van der Waals surface area contributed by atoms with E-state index in [0.29, 0.717) is 4.88 Å². The number of rotatable bonds is 7. The predicted molar refractivity (Wildman–Crippen MR) is 131 cm³/mol. The number of aromatic nitrogens is 4. The molecular formula is C25H19F6N5O2S. The van der Waals surface area contributed by atoms with E-state index in [1.807, 2.05) is 12.1 Å². The van der Waals surface area contributed by atoms with Crippen LogP contribution in [-0.2, 0) is 10.3 Å². The summed E-state index contributed by atoms with van der Waals surface area (Å²) < 4.78 is 87.7. The van der Waals surface area contributed by atoms with E-state index < -0.39 is 36.6 Å². The second-order valence-corrected chi connectivity index (χ2v) is 9.96. The molecule has 0 bridgehead atoms. The SMILES string of the molecule is O=C1N[C@@](c2ccc(OCCCC(F)(F)F)cc2)(C(F)(F)F)CC(c2cc3ccccc3s2)=C1c1nnn[nH]1. The highest BCUT2D eigenvalue weighted by molar-refractivity contribution is 7.20. The van der Waals surface area contributed by atoms with E-state index in [1.165, 1.54) is 23.5 Å². The lowest BCUT2D eigenvalue weighted by atomic mass is 9.77. The Kier molecular flexibility index (Phi) is 6.83. The number of hydrogen-bond donors (Lipinski definition) is 2. The van der Waals surface area contributed by atoms with Crippen molar-refractivity contribution in [3.8, 4) is 5.75 Å².